The molecule has 0 unspecified atom stereocenters. The Bertz CT molecular complexity index is 452. The predicted molar refractivity (Wildman–Crippen MR) is 59.1 cm³/mol. The number of rotatable bonds is 3. The van der Waals surface area contributed by atoms with Crippen LogP contribution in [0.2, 0.25) is 0 Å². The molecule has 0 aromatic carbocycles. The molecule has 1 aromatic heterocycles. The zero-order chi connectivity index (χ0) is 12.3. The summed E-state index contributed by atoms with van der Waals surface area (Å²) in [5.74, 6) is -0.418. The number of hydrogen-bond donors (Lipinski definition) is 2. The van der Waals surface area contributed by atoms with Crippen LogP contribution >= 0.6 is 0 Å². The van der Waals surface area contributed by atoms with E-state index in [0.717, 1.165) is 6.42 Å². The molecule has 6 nitrogen and oxygen atoms in total. The fourth-order valence-corrected chi connectivity index (χ4v) is 2.01. The van der Waals surface area contributed by atoms with Crippen LogP contribution in [-0.2, 0) is 4.79 Å². The molecule has 6 heteroatoms. The lowest BCUT2D eigenvalue weighted by Gasteiger charge is -2.12. The quantitative estimate of drug-likeness (QED) is 0.807. The summed E-state index contributed by atoms with van der Waals surface area (Å²) in [6.45, 7) is 0. The van der Waals surface area contributed by atoms with Crippen LogP contribution in [0, 0.1) is 17.2 Å². The van der Waals surface area contributed by atoms with Gasteiger partial charge in [0.05, 0.1) is 18.3 Å². The molecule has 1 saturated carbocycles. The third-order valence-electron chi connectivity index (χ3n) is 2.90. The number of nitriles is 1. The van der Waals surface area contributed by atoms with E-state index < -0.39 is 5.97 Å². The number of aromatic nitrogens is 2. The van der Waals surface area contributed by atoms with Gasteiger partial charge in [-0.15, -0.1) is 0 Å². The first-order chi connectivity index (χ1) is 8.19. The molecule has 0 spiro atoms. The van der Waals surface area contributed by atoms with Crippen molar-refractivity contribution < 1.29 is 9.90 Å². The topological polar surface area (TPSA) is 98.9 Å². The summed E-state index contributed by atoms with van der Waals surface area (Å²) in [6.07, 6.45) is 5.00. The van der Waals surface area contributed by atoms with E-state index in [4.69, 9.17) is 10.4 Å². The third-order valence-corrected chi connectivity index (χ3v) is 2.90. The van der Waals surface area contributed by atoms with Crippen molar-refractivity contribution in [3.63, 3.8) is 0 Å². The van der Waals surface area contributed by atoms with Gasteiger partial charge in [-0.3, -0.25) is 4.79 Å². The monoisotopic (exact) mass is 232 g/mol. The zero-order valence-electron chi connectivity index (χ0n) is 9.13. The number of hydrogen-bond acceptors (Lipinski definition) is 5. The number of carbonyl (C=O) groups is 1. The highest BCUT2D eigenvalue weighted by Crippen LogP contribution is 2.27. The molecule has 2 rings (SSSR count). The van der Waals surface area contributed by atoms with Gasteiger partial charge in [0, 0.05) is 6.04 Å². The molecule has 2 atom stereocenters. The predicted octanol–water partition coefficient (Wildman–Crippen LogP) is 1.01. The molecule has 1 aliphatic rings. The van der Waals surface area contributed by atoms with Crippen molar-refractivity contribution in [3.05, 3.63) is 18.1 Å². The summed E-state index contributed by atoms with van der Waals surface area (Å²) in [6, 6.07) is 2.01. The zero-order valence-corrected chi connectivity index (χ0v) is 9.13. The Morgan fingerprint density at radius 1 is 1.47 bits per heavy atom. The number of anilines is 1. The van der Waals surface area contributed by atoms with Crippen molar-refractivity contribution in [1.29, 1.82) is 5.26 Å². The van der Waals surface area contributed by atoms with Crippen LogP contribution in [0.3, 0.4) is 0 Å². The summed E-state index contributed by atoms with van der Waals surface area (Å²) in [5, 5.41) is 20.6. The second-order valence-electron chi connectivity index (χ2n) is 4.09. The maximum atomic E-state index is 10.8. The normalized spacial score (nSPS) is 23.0. The van der Waals surface area contributed by atoms with Gasteiger partial charge in [0.25, 0.3) is 0 Å². The van der Waals surface area contributed by atoms with Crippen molar-refractivity contribution in [3.8, 4) is 6.07 Å². The van der Waals surface area contributed by atoms with Gasteiger partial charge in [-0.25, -0.2) is 9.97 Å². The first-order valence-corrected chi connectivity index (χ1v) is 5.40. The molecule has 0 radical (unpaired) electrons. The van der Waals surface area contributed by atoms with E-state index in [1.165, 1.54) is 12.4 Å². The van der Waals surface area contributed by atoms with Crippen molar-refractivity contribution in [2.45, 2.75) is 25.3 Å². The van der Waals surface area contributed by atoms with Crippen LogP contribution in [-0.4, -0.2) is 27.1 Å². The van der Waals surface area contributed by atoms with Crippen molar-refractivity contribution in [1.82, 2.24) is 9.97 Å². The molecule has 1 aliphatic carbocycles. The fourth-order valence-electron chi connectivity index (χ4n) is 2.01. The Labute approximate surface area is 98.3 Å². The molecule has 1 aromatic rings. The maximum absolute atomic E-state index is 10.8. The average molecular weight is 232 g/mol. The first kappa shape index (κ1) is 11.3. The highest BCUT2D eigenvalue weighted by molar-refractivity contribution is 5.70. The average Bonchev–Trinajstić information content (AvgIpc) is 2.79. The van der Waals surface area contributed by atoms with Crippen molar-refractivity contribution in [2.24, 2.45) is 5.92 Å². The molecule has 1 heterocycles. The van der Waals surface area contributed by atoms with Gasteiger partial charge in [0.1, 0.15) is 11.9 Å². The van der Waals surface area contributed by atoms with Gasteiger partial charge in [0.2, 0.25) is 0 Å². The van der Waals surface area contributed by atoms with Crippen LogP contribution in [0.5, 0.6) is 0 Å². The highest BCUT2D eigenvalue weighted by atomic mass is 16.4. The minimum Gasteiger partial charge on any atom is -0.481 e. The molecule has 1 fully saturated rings. The lowest BCUT2D eigenvalue weighted by atomic mass is 10.1. The SMILES string of the molecule is N#Cc1cnc(N[C@H]2CC[C@@H](C(=O)O)C2)cn1. The second-order valence-corrected chi connectivity index (χ2v) is 4.09. The van der Waals surface area contributed by atoms with Gasteiger partial charge in [-0.2, -0.15) is 5.26 Å². The van der Waals surface area contributed by atoms with Gasteiger partial charge >= 0.3 is 5.97 Å². The van der Waals surface area contributed by atoms with Gasteiger partial charge in [-0.05, 0) is 19.3 Å². The summed E-state index contributed by atoms with van der Waals surface area (Å²) in [4.78, 5) is 18.7. The Morgan fingerprint density at radius 2 is 2.29 bits per heavy atom. The van der Waals surface area contributed by atoms with E-state index in [2.05, 4.69) is 15.3 Å². The van der Waals surface area contributed by atoms with E-state index in [9.17, 15) is 4.79 Å². The molecular formula is C11H12N4O2. The second kappa shape index (κ2) is 4.78. The van der Waals surface area contributed by atoms with Gasteiger partial charge in [-0.1, -0.05) is 0 Å². The van der Waals surface area contributed by atoms with E-state index in [-0.39, 0.29) is 17.7 Å². The Balaban J connectivity index is 1.94. The van der Waals surface area contributed by atoms with Crippen molar-refractivity contribution >= 4 is 11.8 Å². The highest BCUT2D eigenvalue weighted by Gasteiger charge is 2.29. The minimum atomic E-state index is -0.736. The summed E-state index contributed by atoms with van der Waals surface area (Å²) in [5.41, 5.74) is 0.269. The molecule has 0 amide bonds. The molecule has 88 valence electrons. The molecule has 0 bridgehead atoms. The number of nitrogens with zero attached hydrogens (tertiary/aromatic N) is 3. The van der Waals surface area contributed by atoms with Gasteiger partial charge in [0.15, 0.2) is 5.69 Å². The number of aliphatic carboxylic acids is 1. The van der Waals surface area contributed by atoms with Gasteiger partial charge < -0.3 is 10.4 Å². The largest absolute Gasteiger partial charge is 0.481 e. The fraction of sp³-hybridized carbons (Fsp3) is 0.455. The molecule has 2 N–H and O–H groups in total. The van der Waals surface area contributed by atoms with Crippen LogP contribution in [0.4, 0.5) is 5.82 Å². The smallest absolute Gasteiger partial charge is 0.306 e. The Hall–Kier alpha value is -2.16. The lowest BCUT2D eigenvalue weighted by molar-refractivity contribution is -0.141. The summed E-state index contributed by atoms with van der Waals surface area (Å²) >= 11 is 0. The molecule has 0 aliphatic heterocycles. The number of nitrogens with one attached hydrogen (secondary N) is 1. The van der Waals surface area contributed by atoms with E-state index in [1.807, 2.05) is 6.07 Å². The lowest BCUT2D eigenvalue weighted by Crippen LogP contribution is -2.18. The minimum absolute atomic E-state index is 0.123. The van der Waals surface area contributed by atoms with E-state index >= 15 is 0 Å². The summed E-state index contributed by atoms with van der Waals surface area (Å²) in [7, 11) is 0. The number of carboxylic acid groups (broad SMARTS) is 1. The van der Waals surface area contributed by atoms with Crippen LogP contribution in [0.1, 0.15) is 25.0 Å². The number of carboxylic acids is 1. The molecule has 17 heavy (non-hydrogen) atoms. The van der Waals surface area contributed by atoms with E-state index in [1.54, 1.807) is 0 Å². The van der Waals surface area contributed by atoms with Crippen LogP contribution < -0.4 is 5.32 Å². The van der Waals surface area contributed by atoms with Crippen molar-refractivity contribution in [2.75, 3.05) is 5.32 Å². The molecule has 0 saturated heterocycles. The third kappa shape index (κ3) is 2.69. The Kier molecular flexibility index (Phi) is 3.19. The standard InChI is InChI=1S/C11H12N4O2/c12-4-9-5-14-10(6-13-9)15-8-2-1-7(3-8)11(16)17/h5-8H,1-3H2,(H,14,15)(H,16,17)/t7-,8+/m1/s1. The maximum Gasteiger partial charge on any atom is 0.306 e. The van der Waals surface area contributed by atoms with Crippen LogP contribution in [0.15, 0.2) is 12.4 Å². The van der Waals surface area contributed by atoms with Crippen LogP contribution in [0.25, 0.3) is 0 Å². The first-order valence-electron chi connectivity index (χ1n) is 5.40. The van der Waals surface area contributed by atoms with E-state index in [0.29, 0.717) is 18.7 Å². The molecular weight excluding hydrogens is 220 g/mol. The Morgan fingerprint density at radius 3 is 2.82 bits per heavy atom. The summed E-state index contributed by atoms with van der Waals surface area (Å²) < 4.78 is 0.